The Labute approximate surface area is 169 Å². The fraction of sp³-hybridized carbons (Fsp3) is 0.364. The first-order valence-electron chi connectivity index (χ1n) is 10.2. The molecule has 1 N–H and O–H groups in total. The van der Waals surface area contributed by atoms with Gasteiger partial charge in [-0.1, -0.05) is 12.1 Å². The first-order valence-corrected chi connectivity index (χ1v) is 10.2. The SMILES string of the molecule is O=C(Nc1ccc(-c2cnn(CC3CC3)c2)cc1)C1CCN(c2cccnn2)C1. The highest BCUT2D eigenvalue weighted by Crippen LogP contribution is 2.31. The second-order valence-corrected chi connectivity index (χ2v) is 7.97. The van der Waals surface area contributed by atoms with Crippen LogP contribution in [-0.4, -0.2) is 39.0 Å². The van der Waals surface area contributed by atoms with E-state index in [4.69, 9.17) is 0 Å². The van der Waals surface area contributed by atoms with E-state index >= 15 is 0 Å². The molecule has 0 bridgehead atoms. The summed E-state index contributed by atoms with van der Waals surface area (Å²) in [5.41, 5.74) is 3.04. The van der Waals surface area contributed by atoms with Gasteiger partial charge in [-0.05, 0) is 55.0 Å². The molecular formula is C22H24N6O. The van der Waals surface area contributed by atoms with Gasteiger partial charge in [-0.15, -0.1) is 5.10 Å². The quantitative estimate of drug-likeness (QED) is 0.702. The number of benzene rings is 1. The number of nitrogens with zero attached hydrogens (tertiary/aromatic N) is 5. The molecule has 1 atom stereocenters. The van der Waals surface area contributed by atoms with Crippen molar-refractivity contribution in [2.45, 2.75) is 25.8 Å². The van der Waals surface area contributed by atoms with Gasteiger partial charge >= 0.3 is 0 Å². The van der Waals surface area contributed by atoms with Gasteiger partial charge < -0.3 is 10.2 Å². The number of hydrogen-bond acceptors (Lipinski definition) is 5. The highest BCUT2D eigenvalue weighted by molar-refractivity contribution is 5.93. The lowest BCUT2D eigenvalue weighted by molar-refractivity contribution is -0.119. The summed E-state index contributed by atoms with van der Waals surface area (Å²) in [6.07, 6.45) is 9.13. The van der Waals surface area contributed by atoms with Crippen LogP contribution in [0.2, 0.25) is 0 Å². The molecule has 5 rings (SSSR count). The van der Waals surface area contributed by atoms with Gasteiger partial charge in [0, 0.05) is 43.3 Å². The molecule has 148 valence electrons. The van der Waals surface area contributed by atoms with Crippen LogP contribution in [0.1, 0.15) is 19.3 Å². The molecule has 2 fully saturated rings. The Balaban J connectivity index is 1.18. The van der Waals surface area contributed by atoms with E-state index in [1.165, 1.54) is 12.8 Å². The number of aromatic nitrogens is 4. The second-order valence-electron chi connectivity index (χ2n) is 7.97. The molecule has 1 saturated carbocycles. The molecule has 1 unspecified atom stereocenters. The minimum Gasteiger partial charge on any atom is -0.354 e. The zero-order valence-corrected chi connectivity index (χ0v) is 16.2. The van der Waals surface area contributed by atoms with Crippen molar-refractivity contribution in [2.75, 3.05) is 23.3 Å². The highest BCUT2D eigenvalue weighted by Gasteiger charge is 2.29. The van der Waals surface area contributed by atoms with E-state index in [1.807, 2.05) is 47.3 Å². The van der Waals surface area contributed by atoms with Crippen LogP contribution in [-0.2, 0) is 11.3 Å². The van der Waals surface area contributed by atoms with Crippen molar-refractivity contribution in [3.8, 4) is 11.1 Å². The lowest BCUT2D eigenvalue weighted by atomic mass is 10.1. The summed E-state index contributed by atoms with van der Waals surface area (Å²) < 4.78 is 2.03. The average Bonchev–Trinajstić information content (AvgIpc) is 3.23. The maximum atomic E-state index is 12.7. The molecule has 2 aromatic heterocycles. The zero-order chi connectivity index (χ0) is 19.6. The Morgan fingerprint density at radius 1 is 1.10 bits per heavy atom. The van der Waals surface area contributed by atoms with Gasteiger partial charge in [-0.2, -0.15) is 10.2 Å². The van der Waals surface area contributed by atoms with E-state index < -0.39 is 0 Å². The number of rotatable bonds is 6. The topological polar surface area (TPSA) is 75.9 Å². The van der Waals surface area contributed by atoms with Gasteiger partial charge in [0.05, 0.1) is 12.1 Å². The normalized spacial score (nSPS) is 18.8. The summed E-state index contributed by atoms with van der Waals surface area (Å²) in [6.45, 7) is 2.50. The van der Waals surface area contributed by atoms with Crippen molar-refractivity contribution in [1.29, 1.82) is 0 Å². The number of carbonyl (C=O) groups excluding carboxylic acids is 1. The molecule has 2 aliphatic rings. The molecular weight excluding hydrogens is 364 g/mol. The van der Waals surface area contributed by atoms with Crippen LogP contribution >= 0.6 is 0 Å². The van der Waals surface area contributed by atoms with Gasteiger partial charge in [0.15, 0.2) is 5.82 Å². The Kier molecular flexibility index (Phi) is 4.71. The molecule has 0 spiro atoms. The fourth-order valence-electron chi connectivity index (χ4n) is 3.81. The van der Waals surface area contributed by atoms with Crippen LogP contribution in [0.4, 0.5) is 11.5 Å². The van der Waals surface area contributed by atoms with Crippen LogP contribution in [0.3, 0.4) is 0 Å². The number of anilines is 2. The van der Waals surface area contributed by atoms with E-state index in [2.05, 4.69) is 31.7 Å². The first-order chi connectivity index (χ1) is 14.2. The van der Waals surface area contributed by atoms with Crippen LogP contribution in [0.15, 0.2) is 55.0 Å². The predicted octanol–water partition coefficient (Wildman–Crippen LogP) is 3.22. The minimum absolute atomic E-state index is 0.0441. The molecule has 1 aromatic carbocycles. The van der Waals surface area contributed by atoms with E-state index in [1.54, 1.807) is 6.20 Å². The number of amides is 1. The molecule has 1 saturated heterocycles. The van der Waals surface area contributed by atoms with Gasteiger partial charge in [-0.25, -0.2) is 0 Å². The number of hydrogen-bond donors (Lipinski definition) is 1. The van der Waals surface area contributed by atoms with E-state index in [0.717, 1.165) is 48.1 Å². The van der Waals surface area contributed by atoms with Crippen molar-refractivity contribution < 1.29 is 4.79 Å². The second kappa shape index (κ2) is 7.66. The Hall–Kier alpha value is -3.22. The highest BCUT2D eigenvalue weighted by atomic mass is 16.1. The Bertz CT molecular complexity index is 980. The lowest BCUT2D eigenvalue weighted by Gasteiger charge is -2.16. The molecule has 1 aliphatic carbocycles. The molecule has 0 radical (unpaired) electrons. The summed E-state index contributed by atoms with van der Waals surface area (Å²) in [5, 5.41) is 15.6. The average molecular weight is 388 g/mol. The Morgan fingerprint density at radius 3 is 2.72 bits per heavy atom. The molecule has 7 nitrogen and oxygen atoms in total. The van der Waals surface area contributed by atoms with Crippen molar-refractivity contribution in [3.05, 3.63) is 55.0 Å². The molecule has 29 heavy (non-hydrogen) atoms. The lowest BCUT2D eigenvalue weighted by Crippen LogP contribution is -2.27. The van der Waals surface area contributed by atoms with E-state index in [-0.39, 0.29) is 11.8 Å². The third kappa shape index (κ3) is 4.13. The molecule has 1 aliphatic heterocycles. The van der Waals surface area contributed by atoms with Crippen LogP contribution < -0.4 is 10.2 Å². The molecule has 1 amide bonds. The fourth-order valence-corrected chi connectivity index (χ4v) is 3.81. The van der Waals surface area contributed by atoms with Crippen LogP contribution in [0.5, 0.6) is 0 Å². The van der Waals surface area contributed by atoms with Crippen molar-refractivity contribution in [2.24, 2.45) is 11.8 Å². The standard InChI is InChI=1S/C22H24N6O/c29-22(18-9-11-27(14-18)21-2-1-10-23-26-21)25-20-7-5-17(6-8-20)19-12-24-28(15-19)13-16-3-4-16/h1-2,5-8,10,12,15-16,18H,3-4,9,11,13-14H2,(H,25,29). The summed E-state index contributed by atoms with van der Waals surface area (Å²) in [5.74, 6) is 1.65. The van der Waals surface area contributed by atoms with Gasteiger partial charge in [0.2, 0.25) is 5.91 Å². The minimum atomic E-state index is -0.0441. The summed E-state index contributed by atoms with van der Waals surface area (Å²) in [7, 11) is 0. The summed E-state index contributed by atoms with van der Waals surface area (Å²) >= 11 is 0. The third-order valence-electron chi connectivity index (χ3n) is 5.70. The maximum Gasteiger partial charge on any atom is 0.229 e. The van der Waals surface area contributed by atoms with E-state index in [0.29, 0.717) is 6.54 Å². The predicted molar refractivity (Wildman–Crippen MR) is 111 cm³/mol. The van der Waals surface area contributed by atoms with Gasteiger partial charge in [-0.3, -0.25) is 9.48 Å². The zero-order valence-electron chi connectivity index (χ0n) is 16.2. The van der Waals surface area contributed by atoms with Crippen molar-refractivity contribution in [3.63, 3.8) is 0 Å². The summed E-state index contributed by atoms with van der Waals surface area (Å²) in [6, 6.07) is 11.8. The number of nitrogens with one attached hydrogen (secondary N) is 1. The van der Waals surface area contributed by atoms with Crippen molar-refractivity contribution >= 4 is 17.4 Å². The Morgan fingerprint density at radius 2 is 1.97 bits per heavy atom. The smallest absolute Gasteiger partial charge is 0.229 e. The van der Waals surface area contributed by atoms with E-state index in [9.17, 15) is 4.79 Å². The molecule has 3 aromatic rings. The molecule has 7 heteroatoms. The van der Waals surface area contributed by atoms with Crippen molar-refractivity contribution in [1.82, 2.24) is 20.0 Å². The largest absolute Gasteiger partial charge is 0.354 e. The van der Waals surface area contributed by atoms with Gasteiger partial charge in [0.1, 0.15) is 0 Å². The number of carbonyl (C=O) groups is 1. The summed E-state index contributed by atoms with van der Waals surface area (Å²) in [4.78, 5) is 14.8. The maximum absolute atomic E-state index is 12.7. The third-order valence-corrected chi connectivity index (χ3v) is 5.70. The first kappa shape index (κ1) is 17.8. The monoisotopic (exact) mass is 388 g/mol. The van der Waals surface area contributed by atoms with Crippen LogP contribution in [0.25, 0.3) is 11.1 Å². The van der Waals surface area contributed by atoms with Gasteiger partial charge in [0.25, 0.3) is 0 Å². The van der Waals surface area contributed by atoms with Crippen LogP contribution in [0, 0.1) is 11.8 Å². The molecule has 3 heterocycles.